The van der Waals surface area contributed by atoms with Crippen molar-refractivity contribution in [1.82, 2.24) is 10.6 Å². The Kier molecular flexibility index (Phi) is 5.29. The summed E-state index contributed by atoms with van der Waals surface area (Å²) in [7, 11) is 0. The Morgan fingerprint density at radius 3 is 2.53 bits per heavy atom. The first-order chi connectivity index (χ1) is 8.85. The van der Waals surface area contributed by atoms with Gasteiger partial charge in [0.2, 0.25) is 5.91 Å². The van der Waals surface area contributed by atoms with E-state index in [9.17, 15) is 14.4 Å². The minimum Gasteiger partial charge on any atom is -0.481 e. The molecule has 0 bridgehead atoms. The molecule has 7 heteroatoms. The Labute approximate surface area is 111 Å². The molecule has 7 nitrogen and oxygen atoms in total. The Morgan fingerprint density at radius 1 is 1.37 bits per heavy atom. The normalized spacial score (nSPS) is 23.8. The fourth-order valence-corrected chi connectivity index (χ4v) is 2.12. The van der Waals surface area contributed by atoms with Gasteiger partial charge in [-0.1, -0.05) is 0 Å². The molecule has 0 aromatic carbocycles. The smallest absolute Gasteiger partial charge is 0.326 e. The lowest BCUT2D eigenvalue weighted by Gasteiger charge is -2.25. The van der Waals surface area contributed by atoms with Crippen LogP contribution in [0.4, 0.5) is 0 Å². The van der Waals surface area contributed by atoms with Crippen LogP contribution in [0.3, 0.4) is 0 Å². The highest BCUT2D eigenvalue weighted by atomic mass is 16.4. The SMILES string of the molecule is CC1(C(=O)N[C@H](CCCC(=O)O)C(=O)O)CCCN1. The highest BCUT2D eigenvalue weighted by Crippen LogP contribution is 2.19. The van der Waals surface area contributed by atoms with E-state index >= 15 is 0 Å². The second kappa shape index (κ2) is 6.51. The Morgan fingerprint density at radius 2 is 2.05 bits per heavy atom. The summed E-state index contributed by atoms with van der Waals surface area (Å²) in [6.45, 7) is 2.48. The number of amides is 1. The number of hydrogen-bond acceptors (Lipinski definition) is 4. The van der Waals surface area contributed by atoms with Crippen LogP contribution in [0, 0.1) is 0 Å². The molecule has 4 N–H and O–H groups in total. The maximum atomic E-state index is 12.0. The summed E-state index contributed by atoms with van der Waals surface area (Å²) in [6, 6.07) is -1.04. The zero-order valence-electron chi connectivity index (χ0n) is 10.9. The molecule has 1 unspecified atom stereocenters. The lowest BCUT2D eigenvalue weighted by molar-refractivity contribution is -0.143. The minimum atomic E-state index is -1.14. The van der Waals surface area contributed by atoms with Crippen LogP contribution < -0.4 is 10.6 Å². The van der Waals surface area contributed by atoms with Gasteiger partial charge >= 0.3 is 11.9 Å². The van der Waals surface area contributed by atoms with Crippen LogP contribution in [0.2, 0.25) is 0 Å². The molecule has 0 saturated carbocycles. The van der Waals surface area contributed by atoms with E-state index < -0.39 is 23.5 Å². The molecule has 1 heterocycles. The van der Waals surface area contributed by atoms with Gasteiger partial charge in [0, 0.05) is 6.42 Å². The van der Waals surface area contributed by atoms with Gasteiger partial charge in [-0.25, -0.2) is 4.79 Å². The van der Waals surface area contributed by atoms with E-state index in [1.807, 2.05) is 0 Å². The summed E-state index contributed by atoms with van der Waals surface area (Å²) in [5.74, 6) is -2.45. The molecule has 1 fully saturated rings. The van der Waals surface area contributed by atoms with Crippen molar-refractivity contribution in [1.29, 1.82) is 0 Å². The quantitative estimate of drug-likeness (QED) is 0.516. The summed E-state index contributed by atoms with van der Waals surface area (Å²) >= 11 is 0. The summed E-state index contributed by atoms with van der Waals surface area (Å²) in [4.78, 5) is 33.5. The predicted octanol–water partition coefficient (Wildman–Crippen LogP) is -0.0472. The van der Waals surface area contributed by atoms with E-state index in [2.05, 4.69) is 10.6 Å². The van der Waals surface area contributed by atoms with Gasteiger partial charge in [0.25, 0.3) is 0 Å². The predicted molar refractivity (Wildman–Crippen MR) is 66.7 cm³/mol. The fourth-order valence-electron chi connectivity index (χ4n) is 2.12. The number of carboxylic acid groups (broad SMARTS) is 2. The van der Waals surface area contributed by atoms with Crippen molar-refractivity contribution in [3.63, 3.8) is 0 Å². The molecular weight excluding hydrogens is 252 g/mol. The second-order valence-electron chi connectivity index (χ2n) is 5.01. The third-order valence-electron chi connectivity index (χ3n) is 3.36. The van der Waals surface area contributed by atoms with E-state index in [1.165, 1.54) is 0 Å². The topological polar surface area (TPSA) is 116 Å². The molecule has 0 spiro atoms. The second-order valence-corrected chi connectivity index (χ2v) is 5.01. The van der Waals surface area contributed by atoms with Crippen LogP contribution in [0.25, 0.3) is 0 Å². The van der Waals surface area contributed by atoms with Crippen molar-refractivity contribution in [2.75, 3.05) is 6.54 Å². The number of rotatable bonds is 7. The maximum Gasteiger partial charge on any atom is 0.326 e. The van der Waals surface area contributed by atoms with Crippen molar-refractivity contribution in [2.24, 2.45) is 0 Å². The standard InChI is InChI=1S/C12H20N2O5/c1-12(6-3-7-13-12)11(19)14-8(10(17)18)4-2-5-9(15)16/h8,13H,2-7H2,1H3,(H,14,19)(H,15,16)(H,17,18)/t8-,12?/m1/s1. The van der Waals surface area contributed by atoms with Gasteiger partial charge in [-0.05, 0) is 39.2 Å². The molecular formula is C12H20N2O5. The molecule has 0 aromatic rings. The van der Waals surface area contributed by atoms with E-state index in [0.717, 1.165) is 13.0 Å². The van der Waals surface area contributed by atoms with Gasteiger partial charge in [-0.3, -0.25) is 9.59 Å². The van der Waals surface area contributed by atoms with E-state index in [0.29, 0.717) is 6.42 Å². The van der Waals surface area contributed by atoms with E-state index in [-0.39, 0.29) is 25.2 Å². The molecule has 0 radical (unpaired) electrons. The number of nitrogens with one attached hydrogen (secondary N) is 2. The molecule has 1 aliphatic rings. The van der Waals surface area contributed by atoms with E-state index in [1.54, 1.807) is 6.92 Å². The van der Waals surface area contributed by atoms with Gasteiger partial charge in [-0.2, -0.15) is 0 Å². The zero-order chi connectivity index (χ0) is 14.5. The Hall–Kier alpha value is -1.63. The molecule has 0 aromatic heterocycles. The van der Waals surface area contributed by atoms with Crippen LogP contribution in [-0.2, 0) is 14.4 Å². The maximum absolute atomic E-state index is 12.0. The monoisotopic (exact) mass is 272 g/mol. The molecule has 1 rings (SSSR count). The number of aliphatic carboxylic acids is 2. The van der Waals surface area contributed by atoms with Gasteiger partial charge in [0.15, 0.2) is 0 Å². The average molecular weight is 272 g/mol. The first-order valence-corrected chi connectivity index (χ1v) is 6.36. The van der Waals surface area contributed by atoms with Crippen LogP contribution in [0.1, 0.15) is 39.0 Å². The molecule has 1 saturated heterocycles. The Balaban J connectivity index is 2.51. The van der Waals surface area contributed by atoms with Crippen molar-refractivity contribution in [3.8, 4) is 0 Å². The number of carbonyl (C=O) groups excluding carboxylic acids is 1. The lowest BCUT2D eigenvalue weighted by Crippen LogP contribution is -2.55. The fraction of sp³-hybridized carbons (Fsp3) is 0.750. The first kappa shape index (κ1) is 15.4. The third kappa shape index (κ3) is 4.51. The molecule has 1 amide bonds. The minimum absolute atomic E-state index is 0.102. The number of carbonyl (C=O) groups is 3. The van der Waals surface area contributed by atoms with Gasteiger partial charge in [0.05, 0.1) is 5.54 Å². The van der Waals surface area contributed by atoms with Crippen molar-refractivity contribution < 1.29 is 24.6 Å². The van der Waals surface area contributed by atoms with E-state index in [4.69, 9.17) is 10.2 Å². The highest BCUT2D eigenvalue weighted by molar-refractivity contribution is 5.90. The molecule has 108 valence electrons. The van der Waals surface area contributed by atoms with Crippen LogP contribution in [-0.4, -0.2) is 46.2 Å². The summed E-state index contributed by atoms with van der Waals surface area (Å²) in [5.41, 5.74) is -0.722. The molecule has 1 aliphatic heterocycles. The number of carboxylic acids is 2. The number of hydrogen-bond donors (Lipinski definition) is 4. The van der Waals surface area contributed by atoms with Gasteiger partial charge in [-0.15, -0.1) is 0 Å². The van der Waals surface area contributed by atoms with Crippen LogP contribution >= 0.6 is 0 Å². The van der Waals surface area contributed by atoms with Crippen LogP contribution in [0.5, 0.6) is 0 Å². The van der Waals surface area contributed by atoms with Gasteiger partial charge in [0.1, 0.15) is 6.04 Å². The molecule has 19 heavy (non-hydrogen) atoms. The lowest BCUT2D eigenvalue weighted by atomic mass is 9.98. The highest BCUT2D eigenvalue weighted by Gasteiger charge is 2.37. The van der Waals surface area contributed by atoms with Crippen molar-refractivity contribution in [3.05, 3.63) is 0 Å². The average Bonchev–Trinajstić information content (AvgIpc) is 2.75. The first-order valence-electron chi connectivity index (χ1n) is 6.36. The summed E-state index contributed by atoms with van der Waals surface area (Å²) in [5, 5.41) is 23.1. The third-order valence-corrected chi connectivity index (χ3v) is 3.36. The van der Waals surface area contributed by atoms with Crippen molar-refractivity contribution >= 4 is 17.8 Å². The summed E-state index contributed by atoms with van der Waals surface area (Å²) < 4.78 is 0. The Bertz CT molecular complexity index is 363. The van der Waals surface area contributed by atoms with Crippen molar-refractivity contribution in [2.45, 2.75) is 50.6 Å². The van der Waals surface area contributed by atoms with Crippen LogP contribution in [0.15, 0.2) is 0 Å². The largest absolute Gasteiger partial charge is 0.481 e. The summed E-state index contributed by atoms with van der Waals surface area (Å²) in [6.07, 6.45) is 1.77. The molecule has 0 aliphatic carbocycles. The zero-order valence-corrected chi connectivity index (χ0v) is 10.9. The molecule has 2 atom stereocenters. The van der Waals surface area contributed by atoms with Gasteiger partial charge < -0.3 is 20.8 Å².